The van der Waals surface area contributed by atoms with Gasteiger partial charge in [0.25, 0.3) is 0 Å². The smallest absolute Gasteiger partial charge is 0.433 e. The molecule has 0 aliphatic carbocycles. The van der Waals surface area contributed by atoms with Crippen LogP contribution < -0.4 is 11.1 Å². The highest BCUT2D eigenvalue weighted by atomic mass is 16.6. The fourth-order valence-corrected chi connectivity index (χ4v) is 2.24. The van der Waals surface area contributed by atoms with Crippen LogP contribution >= 0.6 is 0 Å². The molecule has 0 spiro atoms. The second-order valence-electron chi connectivity index (χ2n) is 7.10. The average Bonchev–Trinajstić information content (AvgIpc) is 3.08. The van der Waals surface area contributed by atoms with Crippen molar-refractivity contribution in [3.63, 3.8) is 0 Å². The summed E-state index contributed by atoms with van der Waals surface area (Å²) in [5, 5.41) is 10.5. The van der Waals surface area contributed by atoms with Gasteiger partial charge in [-0.05, 0) is 51.8 Å². The predicted molar refractivity (Wildman–Crippen MR) is 108 cm³/mol. The number of methoxy groups -OCH3 is 1. The van der Waals surface area contributed by atoms with Crippen molar-refractivity contribution in [2.45, 2.75) is 45.6 Å². The summed E-state index contributed by atoms with van der Waals surface area (Å²) in [6.45, 7) is 5.34. The lowest BCUT2D eigenvalue weighted by Crippen LogP contribution is -2.21. The van der Waals surface area contributed by atoms with E-state index in [2.05, 4.69) is 25.2 Å². The van der Waals surface area contributed by atoms with Crippen molar-refractivity contribution in [3.05, 3.63) is 24.1 Å². The van der Waals surface area contributed by atoms with Gasteiger partial charge in [-0.2, -0.15) is 4.99 Å². The van der Waals surface area contributed by atoms with Gasteiger partial charge in [0.1, 0.15) is 5.60 Å². The van der Waals surface area contributed by atoms with E-state index in [1.807, 2.05) is 0 Å². The molecule has 0 unspecified atom stereocenters. The molecule has 0 atom stereocenters. The number of nitrogens with one attached hydrogen (secondary N) is 1. The summed E-state index contributed by atoms with van der Waals surface area (Å²) in [6.07, 6.45) is 2.06. The SMILES string of the molecule is COC(=O)Nc1ccc(-c2nnc(CCCC=NC(=O)OC(C)(C)C)o2)c(N)c1. The third-order valence-electron chi connectivity index (χ3n) is 3.49. The highest BCUT2D eigenvalue weighted by Gasteiger charge is 2.15. The fourth-order valence-electron chi connectivity index (χ4n) is 2.24. The minimum atomic E-state index is -0.613. The van der Waals surface area contributed by atoms with Crippen molar-refractivity contribution in [2.24, 2.45) is 4.99 Å². The molecule has 0 aliphatic heterocycles. The Labute approximate surface area is 168 Å². The first-order chi connectivity index (χ1) is 13.7. The third kappa shape index (κ3) is 7.24. The van der Waals surface area contributed by atoms with Crippen LogP contribution in [0.15, 0.2) is 27.6 Å². The minimum absolute atomic E-state index is 0.282. The highest BCUT2D eigenvalue weighted by Crippen LogP contribution is 2.27. The van der Waals surface area contributed by atoms with E-state index in [0.29, 0.717) is 42.1 Å². The Bertz CT molecular complexity index is 885. The average molecular weight is 403 g/mol. The number of carbonyl (C=O) groups excluding carboxylic acids is 2. The second-order valence-corrected chi connectivity index (χ2v) is 7.10. The predicted octanol–water partition coefficient (Wildman–Crippen LogP) is 3.83. The van der Waals surface area contributed by atoms with Gasteiger partial charge in [-0.3, -0.25) is 5.32 Å². The van der Waals surface area contributed by atoms with Crippen molar-refractivity contribution in [2.75, 3.05) is 18.2 Å². The van der Waals surface area contributed by atoms with Crippen LogP contribution in [-0.2, 0) is 15.9 Å². The molecular weight excluding hydrogens is 378 g/mol. The molecule has 0 fully saturated rings. The molecule has 0 aliphatic rings. The summed E-state index contributed by atoms with van der Waals surface area (Å²) in [5.41, 5.74) is 6.87. The van der Waals surface area contributed by atoms with Crippen LogP contribution in [0.25, 0.3) is 11.5 Å². The molecule has 1 aromatic carbocycles. The van der Waals surface area contributed by atoms with Gasteiger partial charge in [-0.15, -0.1) is 10.2 Å². The summed E-state index contributed by atoms with van der Waals surface area (Å²) in [4.78, 5) is 26.5. The molecule has 3 N–H and O–H groups in total. The van der Waals surface area contributed by atoms with Gasteiger partial charge in [0.15, 0.2) is 0 Å². The lowest BCUT2D eigenvalue weighted by atomic mass is 10.1. The number of carbonyl (C=O) groups is 2. The van der Waals surface area contributed by atoms with Crippen LogP contribution in [0.3, 0.4) is 0 Å². The maximum atomic E-state index is 11.5. The maximum Gasteiger partial charge on any atom is 0.433 e. The van der Waals surface area contributed by atoms with E-state index in [1.54, 1.807) is 39.0 Å². The van der Waals surface area contributed by atoms with Crippen LogP contribution in [0.5, 0.6) is 0 Å². The topological polar surface area (TPSA) is 142 Å². The van der Waals surface area contributed by atoms with Crippen molar-refractivity contribution in [1.82, 2.24) is 10.2 Å². The summed E-state index contributed by atoms with van der Waals surface area (Å²) in [7, 11) is 1.27. The molecule has 0 bridgehead atoms. The largest absolute Gasteiger partial charge is 0.453 e. The second kappa shape index (κ2) is 9.67. The Balaban J connectivity index is 1.88. The Kier molecular flexibility index (Phi) is 7.29. The zero-order chi connectivity index (χ0) is 21.4. The van der Waals surface area contributed by atoms with E-state index >= 15 is 0 Å². The van der Waals surface area contributed by atoms with E-state index in [-0.39, 0.29) is 5.89 Å². The Morgan fingerprint density at radius 1 is 1.31 bits per heavy atom. The fraction of sp³-hybridized carbons (Fsp3) is 0.421. The number of aromatic nitrogens is 2. The maximum absolute atomic E-state index is 11.5. The van der Waals surface area contributed by atoms with Gasteiger partial charge < -0.3 is 19.6 Å². The normalized spacial score (nSPS) is 11.4. The van der Waals surface area contributed by atoms with Gasteiger partial charge in [0, 0.05) is 24.0 Å². The number of nitrogens with zero attached hydrogens (tertiary/aromatic N) is 3. The van der Waals surface area contributed by atoms with Crippen LogP contribution in [0.1, 0.15) is 39.5 Å². The molecule has 0 saturated heterocycles. The first-order valence-corrected chi connectivity index (χ1v) is 9.00. The number of nitrogens with two attached hydrogens (primary N) is 1. The van der Waals surface area contributed by atoms with E-state index in [4.69, 9.17) is 14.9 Å². The first kappa shape index (κ1) is 21.9. The molecule has 1 aromatic heterocycles. The lowest BCUT2D eigenvalue weighted by Gasteiger charge is -2.16. The van der Waals surface area contributed by atoms with E-state index in [1.165, 1.54) is 13.3 Å². The van der Waals surface area contributed by atoms with Gasteiger partial charge in [0.05, 0.1) is 12.7 Å². The zero-order valence-corrected chi connectivity index (χ0v) is 16.9. The van der Waals surface area contributed by atoms with E-state index in [9.17, 15) is 9.59 Å². The zero-order valence-electron chi connectivity index (χ0n) is 16.9. The molecule has 2 aromatic rings. The Morgan fingerprint density at radius 2 is 2.07 bits per heavy atom. The third-order valence-corrected chi connectivity index (χ3v) is 3.49. The van der Waals surface area contributed by atoms with E-state index < -0.39 is 17.8 Å². The van der Waals surface area contributed by atoms with Gasteiger partial charge in [-0.1, -0.05) is 0 Å². The van der Waals surface area contributed by atoms with Crippen molar-refractivity contribution in [1.29, 1.82) is 0 Å². The number of aliphatic imine (C=N–C) groups is 1. The van der Waals surface area contributed by atoms with Gasteiger partial charge >= 0.3 is 12.2 Å². The number of nitrogen functional groups attached to an aromatic ring is 1. The first-order valence-electron chi connectivity index (χ1n) is 9.00. The van der Waals surface area contributed by atoms with Gasteiger partial charge in [0.2, 0.25) is 11.8 Å². The van der Waals surface area contributed by atoms with Crippen LogP contribution in [-0.4, -0.2) is 41.3 Å². The van der Waals surface area contributed by atoms with Crippen LogP contribution in [0.2, 0.25) is 0 Å². The number of rotatable bonds is 6. The number of unbranched alkanes of at least 4 members (excludes halogenated alkanes) is 1. The lowest BCUT2D eigenvalue weighted by molar-refractivity contribution is 0.0605. The van der Waals surface area contributed by atoms with Crippen molar-refractivity contribution >= 4 is 29.8 Å². The Morgan fingerprint density at radius 3 is 2.72 bits per heavy atom. The molecule has 2 amide bonds. The van der Waals surface area contributed by atoms with Crippen LogP contribution in [0, 0.1) is 0 Å². The number of hydrogen-bond acceptors (Lipinski definition) is 8. The van der Waals surface area contributed by atoms with Crippen molar-refractivity contribution in [3.8, 4) is 11.5 Å². The molecule has 29 heavy (non-hydrogen) atoms. The molecule has 2 rings (SSSR count). The molecule has 156 valence electrons. The minimum Gasteiger partial charge on any atom is -0.453 e. The van der Waals surface area contributed by atoms with E-state index in [0.717, 1.165) is 0 Å². The quantitative estimate of drug-likeness (QED) is 0.421. The van der Waals surface area contributed by atoms with Gasteiger partial charge in [-0.25, -0.2) is 9.59 Å². The summed E-state index contributed by atoms with van der Waals surface area (Å²) in [5.74, 6) is 0.728. The molecule has 10 nitrogen and oxygen atoms in total. The number of benzene rings is 1. The summed E-state index contributed by atoms with van der Waals surface area (Å²) in [6, 6.07) is 4.90. The number of ether oxygens (including phenoxy) is 2. The number of anilines is 2. The van der Waals surface area contributed by atoms with Crippen LogP contribution in [0.4, 0.5) is 21.0 Å². The Hall–Kier alpha value is -3.43. The summed E-state index contributed by atoms with van der Waals surface area (Å²) >= 11 is 0. The number of amides is 2. The highest BCUT2D eigenvalue weighted by molar-refractivity contribution is 5.87. The van der Waals surface area contributed by atoms with Crippen molar-refractivity contribution < 1.29 is 23.5 Å². The molecule has 0 saturated carbocycles. The molecule has 0 radical (unpaired) electrons. The standard InChI is InChI=1S/C19H25N5O5/c1-19(2,3)29-17(25)21-10-6-5-7-15-23-24-16(28-15)13-9-8-12(11-14(13)20)22-18(26)27-4/h8-11H,5-7,20H2,1-4H3,(H,22,26). The monoisotopic (exact) mass is 403 g/mol. The number of aryl methyl sites for hydroxylation is 1. The molecule has 1 heterocycles. The summed E-state index contributed by atoms with van der Waals surface area (Å²) < 4.78 is 15.3. The molecule has 10 heteroatoms. The molecular formula is C19H25N5O5. The number of hydrogen-bond donors (Lipinski definition) is 2.